The number of amides is 2. The highest BCUT2D eigenvalue weighted by molar-refractivity contribution is 5.86. The molecule has 128 valence electrons. The lowest BCUT2D eigenvalue weighted by molar-refractivity contribution is 0.174. The van der Waals surface area contributed by atoms with Crippen LogP contribution in [0, 0.1) is 0 Å². The summed E-state index contributed by atoms with van der Waals surface area (Å²) >= 11 is 0. The van der Waals surface area contributed by atoms with Gasteiger partial charge >= 0.3 is 6.03 Å². The van der Waals surface area contributed by atoms with E-state index in [0.29, 0.717) is 6.54 Å². The summed E-state index contributed by atoms with van der Waals surface area (Å²) in [5.74, 6) is 0. The third-order valence-corrected chi connectivity index (χ3v) is 4.18. The lowest BCUT2D eigenvalue weighted by Crippen LogP contribution is -2.38. The highest BCUT2D eigenvalue weighted by Crippen LogP contribution is 2.23. The Morgan fingerprint density at radius 1 is 0.880 bits per heavy atom. The Morgan fingerprint density at radius 2 is 1.60 bits per heavy atom. The number of urea groups is 1. The smallest absolute Gasteiger partial charge is 0.314 e. The normalized spacial score (nSPS) is 11.9. The first-order chi connectivity index (χ1) is 12.2. The number of hydrogen-bond acceptors (Lipinski definition) is 2. The minimum absolute atomic E-state index is 0.172. The predicted octanol–water partition coefficient (Wildman–Crippen LogP) is 3.42. The van der Waals surface area contributed by atoms with Gasteiger partial charge < -0.3 is 15.7 Å². The molecule has 0 radical (unpaired) electrons. The molecule has 3 N–H and O–H groups in total. The van der Waals surface area contributed by atoms with Crippen LogP contribution in [0.1, 0.15) is 17.2 Å². The number of aliphatic hydroxyl groups excluding tert-OH is 1. The highest BCUT2D eigenvalue weighted by atomic mass is 16.3. The van der Waals surface area contributed by atoms with Gasteiger partial charge in [0.1, 0.15) is 0 Å². The fraction of sp³-hybridized carbons (Fsp3) is 0.190. The van der Waals surface area contributed by atoms with Crippen molar-refractivity contribution >= 4 is 16.8 Å². The molecule has 0 saturated carbocycles. The number of nitrogens with one attached hydrogen (secondary N) is 2. The maximum absolute atomic E-state index is 11.9. The van der Waals surface area contributed by atoms with Gasteiger partial charge in [0, 0.05) is 13.1 Å². The number of hydrogen-bond donors (Lipinski definition) is 3. The highest BCUT2D eigenvalue weighted by Gasteiger charge is 2.12. The van der Waals surface area contributed by atoms with Gasteiger partial charge in [-0.05, 0) is 28.3 Å². The Labute approximate surface area is 147 Å². The van der Waals surface area contributed by atoms with E-state index in [-0.39, 0.29) is 12.6 Å². The molecule has 4 nitrogen and oxygen atoms in total. The van der Waals surface area contributed by atoms with E-state index in [0.717, 1.165) is 22.8 Å². The first kappa shape index (κ1) is 17.0. The first-order valence-corrected chi connectivity index (χ1v) is 8.45. The molecule has 0 fully saturated rings. The van der Waals surface area contributed by atoms with Gasteiger partial charge in [-0.3, -0.25) is 0 Å². The van der Waals surface area contributed by atoms with Crippen molar-refractivity contribution < 1.29 is 9.90 Å². The van der Waals surface area contributed by atoms with E-state index in [2.05, 4.69) is 10.6 Å². The van der Waals surface area contributed by atoms with Crippen molar-refractivity contribution in [2.75, 3.05) is 13.1 Å². The van der Waals surface area contributed by atoms with E-state index in [9.17, 15) is 9.90 Å². The van der Waals surface area contributed by atoms with Crippen LogP contribution in [0.3, 0.4) is 0 Å². The summed E-state index contributed by atoms with van der Waals surface area (Å²) in [6.07, 6.45) is 0.0334. The van der Waals surface area contributed by atoms with Gasteiger partial charge in [-0.25, -0.2) is 4.79 Å². The lowest BCUT2D eigenvalue weighted by atomic mass is 10.0. The molecule has 3 rings (SSSR count). The van der Waals surface area contributed by atoms with Crippen LogP contribution in [0.2, 0.25) is 0 Å². The van der Waals surface area contributed by atoms with Gasteiger partial charge in [-0.15, -0.1) is 0 Å². The van der Waals surface area contributed by atoms with Gasteiger partial charge in [0.2, 0.25) is 0 Å². The summed E-state index contributed by atoms with van der Waals surface area (Å²) in [6.45, 7) is 0.728. The van der Waals surface area contributed by atoms with Crippen LogP contribution in [0.5, 0.6) is 0 Å². The second-order valence-electron chi connectivity index (χ2n) is 5.96. The van der Waals surface area contributed by atoms with E-state index in [1.165, 1.54) is 5.56 Å². The fourth-order valence-electron chi connectivity index (χ4n) is 2.87. The Balaban J connectivity index is 1.49. The molecule has 25 heavy (non-hydrogen) atoms. The Bertz CT molecular complexity index is 828. The third-order valence-electron chi connectivity index (χ3n) is 4.18. The van der Waals surface area contributed by atoms with Crippen molar-refractivity contribution in [3.8, 4) is 0 Å². The minimum atomic E-state index is -0.744. The quantitative estimate of drug-likeness (QED) is 0.647. The van der Waals surface area contributed by atoms with E-state index in [1.54, 1.807) is 0 Å². The van der Waals surface area contributed by atoms with Gasteiger partial charge in [-0.1, -0.05) is 72.8 Å². The Morgan fingerprint density at radius 3 is 2.44 bits per heavy atom. The van der Waals surface area contributed by atoms with Crippen LogP contribution in [-0.2, 0) is 6.42 Å². The van der Waals surface area contributed by atoms with E-state index < -0.39 is 6.10 Å². The summed E-state index contributed by atoms with van der Waals surface area (Å²) < 4.78 is 0. The van der Waals surface area contributed by atoms with Crippen LogP contribution in [-0.4, -0.2) is 24.2 Å². The van der Waals surface area contributed by atoms with E-state index >= 15 is 0 Å². The summed E-state index contributed by atoms with van der Waals surface area (Å²) in [5.41, 5.74) is 2.00. The van der Waals surface area contributed by atoms with Gasteiger partial charge in [0.25, 0.3) is 0 Å². The molecule has 0 heterocycles. The number of carbonyl (C=O) groups is 1. The summed E-state index contributed by atoms with van der Waals surface area (Å²) in [6, 6.07) is 23.5. The van der Waals surface area contributed by atoms with Crippen molar-refractivity contribution in [1.29, 1.82) is 0 Å². The van der Waals surface area contributed by atoms with Crippen molar-refractivity contribution in [3.05, 3.63) is 83.9 Å². The molecule has 0 aliphatic heterocycles. The van der Waals surface area contributed by atoms with Crippen molar-refractivity contribution in [2.24, 2.45) is 0 Å². The molecule has 0 aliphatic carbocycles. The van der Waals surface area contributed by atoms with Crippen LogP contribution in [0.15, 0.2) is 72.8 Å². The number of aliphatic hydroxyl groups is 1. The summed E-state index contributed by atoms with van der Waals surface area (Å²) in [7, 11) is 0. The molecule has 0 aliphatic rings. The van der Waals surface area contributed by atoms with Gasteiger partial charge in [-0.2, -0.15) is 0 Å². The molecule has 3 aromatic carbocycles. The molecule has 4 heteroatoms. The zero-order chi connectivity index (χ0) is 17.5. The van der Waals surface area contributed by atoms with Crippen LogP contribution in [0.4, 0.5) is 4.79 Å². The van der Waals surface area contributed by atoms with Crippen molar-refractivity contribution in [2.45, 2.75) is 12.5 Å². The Hall–Kier alpha value is -2.85. The van der Waals surface area contributed by atoms with E-state index in [4.69, 9.17) is 0 Å². The predicted molar refractivity (Wildman–Crippen MR) is 100 cm³/mol. The largest absolute Gasteiger partial charge is 0.387 e. The van der Waals surface area contributed by atoms with Crippen LogP contribution < -0.4 is 10.6 Å². The molecule has 3 aromatic rings. The minimum Gasteiger partial charge on any atom is -0.387 e. The SMILES string of the molecule is O=C(NCCc1ccccc1)NCC(O)c1cccc2ccccc12. The summed E-state index contributed by atoms with van der Waals surface area (Å²) in [5, 5.41) is 18.1. The zero-order valence-corrected chi connectivity index (χ0v) is 14.0. The van der Waals surface area contributed by atoms with Crippen LogP contribution >= 0.6 is 0 Å². The summed E-state index contributed by atoms with van der Waals surface area (Å²) in [4.78, 5) is 11.9. The molecule has 2 amide bonds. The molecule has 0 bridgehead atoms. The molecule has 0 aromatic heterocycles. The average molecular weight is 334 g/mol. The number of rotatable bonds is 6. The number of carbonyl (C=O) groups excluding carboxylic acids is 1. The van der Waals surface area contributed by atoms with Crippen LogP contribution in [0.25, 0.3) is 10.8 Å². The molecule has 0 saturated heterocycles. The monoisotopic (exact) mass is 334 g/mol. The second-order valence-corrected chi connectivity index (χ2v) is 5.96. The van der Waals surface area contributed by atoms with Crippen molar-refractivity contribution in [3.63, 3.8) is 0 Å². The standard InChI is InChI=1S/C21H22N2O2/c24-20(19-12-6-10-17-9-4-5-11-18(17)19)15-23-21(25)22-14-13-16-7-2-1-3-8-16/h1-12,20,24H,13-15H2,(H2,22,23,25). The number of benzene rings is 3. The van der Waals surface area contributed by atoms with Gasteiger partial charge in [0.15, 0.2) is 0 Å². The first-order valence-electron chi connectivity index (χ1n) is 8.45. The second kappa shape index (κ2) is 8.31. The Kier molecular flexibility index (Phi) is 5.65. The number of fused-ring (bicyclic) bond motifs is 1. The fourth-order valence-corrected chi connectivity index (χ4v) is 2.87. The lowest BCUT2D eigenvalue weighted by Gasteiger charge is -2.15. The maximum atomic E-state index is 11.9. The molecular weight excluding hydrogens is 312 g/mol. The topological polar surface area (TPSA) is 61.4 Å². The van der Waals surface area contributed by atoms with Gasteiger partial charge in [0.05, 0.1) is 6.10 Å². The third kappa shape index (κ3) is 4.58. The molecular formula is C21H22N2O2. The molecule has 1 atom stereocenters. The molecule has 0 spiro atoms. The van der Waals surface area contributed by atoms with E-state index in [1.807, 2.05) is 72.8 Å². The molecule has 1 unspecified atom stereocenters. The average Bonchev–Trinajstić information content (AvgIpc) is 2.66. The maximum Gasteiger partial charge on any atom is 0.314 e. The van der Waals surface area contributed by atoms with Crippen molar-refractivity contribution in [1.82, 2.24) is 10.6 Å². The zero-order valence-electron chi connectivity index (χ0n) is 14.0.